The molecule has 4 nitrogen and oxygen atoms in total. The van der Waals surface area contributed by atoms with Crippen LogP contribution >= 0.6 is 11.3 Å². The summed E-state index contributed by atoms with van der Waals surface area (Å²) in [5, 5.41) is 2.49. The maximum atomic E-state index is 13.0. The summed E-state index contributed by atoms with van der Waals surface area (Å²) >= 11 is 1.40. The van der Waals surface area contributed by atoms with Crippen molar-refractivity contribution in [3.05, 3.63) is 41.2 Å². The molecule has 1 amide bonds. The van der Waals surface area contributed by atoms with Gasteiger partial charge >= 0.3 is 0 Å². The van der Waals surface area contributed by atoms with E-state index in [1.807, 2.05) is 6.92 Å². The van der Waals surface area contributed by atoms with Crippen LogP contribution in [0.4, 0.5) is 4.39 Å². The molecule has 1 saturated heterocycles. The number of morpholine rings is 1. The zero-order valence-electron chi connectivity index (χ0n) is 12.3. The normalized spacial score (nSPS) is 18.5. The van der Waals surface area contributed by atoms with Crippen LogP contribution in [0.3, 0.4) is 0 Å². The Bertz CT molecular complexity index is 656. The molecular formula is C16H17FN2O2S. The van der Waals surface area contributed by atoms with Crippen LogP contribution in [0, 0.1) is 5.82 Å². The summed E-state index contributed by atoms with van der Waals surface area (Å²) in [7, 11) is 0. The van der Waals surface area contributed by atoms with E-state index in [4.69, 9.17) is 4.74 Å². The molecule has 1 atom stereocenters. The van der Waals surface area contributed by atoms with E-state index < -0.39 is 0 Å². The Hall–Kier alpha value is -1.79. The second-order valence-electron chi connectivity index (χ2n) is 5.20. The zero-order valence-corrected chi connectivity index (χ0v) is 13.1. The quantitative estimate of drug-likeness (QED) is 0.872. The molecule has 0 saturated carbocycles. The molecule has 6 heteroatoms. The number of amides is 1. The van der Waals surface area contributed by atoms with E-state index in [9.17, 15) is 9.18 Å². The van der Waals surface area contributed by atoms with Crippen LogP contribution in [-0.4, -0.2) is 41.6 Å². The fourth-order valence-electron chi connectivity index (χ4n) is 2.41. The fourth-order valence-corrected chi connectivity index (χ4v) is 3.21. The van der Waals surface area contributed by atoms with E-state index in [-0.39, 0.29) is 17.8 Å². The van der Waals surface area contributed by atoms with Crippen molar-refractivity contribution < 1.29 is 13.9 Å². The molecule has 0 unspecified atom stereocenters. The number of halogens is 1. The second kappa shape index (κ2) is 6.54. The van der Waals surface area contributed by atoms with Gasteiger partial charge in [0.05, 0.1) is 12.7 Å². The summed E-state index contributed by atoms with van der Waals surface area (Å²) in [6.45, 7) is 3.82. The lowest BCUT2D eigenvalue weighted by Gasteiger charge is -2.32. The first-order chi connectivity index (χ1) is 10.7. The lowest BCUT2D eigenvalue weighted by atomic mass is 10.2. The van der Waals surface area contributed by atoms with E-state index in [0.717, 1.165) is 17.0 Å². The molecule has 1 aliphatic heterocycles. The van der Waals surface area contributed by atoms with E-state index in [1.165, 1.54) is 23.5 Å². The van der Waals surface area contributed by atoms with Crippen LogP contribution in [0.1, 0.15) is 23.8 Å². The average Bonchev–Trinajstić information content (AvgIpc) is 3.05. The van der Waals surface area contributed by atoms with Gasteiger partial charge in [-0.05, 0) is 30.7 Å². The molecule has 1 fully saturated rings. The second-order valence-corrected chi connectivity index (χ2v) is 6.06. The maximum Gasteiger partial charge on any atom is 0.273 e. The van der Waals surface area contributed by atoms with Gasteiger partial charge in [0.2, 0.25) is 0 Å². The molecule has 0 bridgehead atoms. The van der Waals surface area contributed by atoms with Gasteiger partial charge in [-0.15, -0.1) is 11.3 Å². The molecule has 22 heavy (non-hydrogen) atoms. The van der Waals surface area contributed by atoms with Crippen molar-refractivity contribution in [2.24, 2.45) is 0 Å². The molecule has 1 aromatic heterocycles. The Balaban J connectivity index is 1.75. The number of carbonyl (C=O) groups is 1. The molecule has 1 aromatic carbocycles. The molecule has 2 heterocycles. The highest BCUT2D eigenvalue weighted by atomic mass is 32.1. The molecule has 0 spiro atoms. The van der Waals surface area contributed by atoms with Gasteiger partial charge in [0, 0.05) is 24.0 Å². The highest BCUT2D eigenvalue weighted by Crippen LogP contribution is 2.25. The third kappa shape index (κ3) is 3.18. The molecule has 0 aliphatic carbocycles. The average molecular weight is 320 g/mol. The maximum absolute atomic E-state index is 13.0. The minimum absolute atomic E-state index is 0.0636. The Kier molecular flexibility index (Phi) is 4.49. The first kappa shape index (κ1) is 15.1. The molecular weight excluding hydrogens is 303 g/mol. The van der Waals surface area contributed by atoms with Crippen LogP contribution in [0.2, 0.25) is 0 Å². The van der Waals surface area contributed by atoms with Crippen LogP contribution in [0.15, 0.2) is 29.6 Å². The van der Waals surface area contributed by atoms with Crippen LogP contribution in [-0.2, 0) is 4.74 Å². The minimum Gasteiger partial charge on any atom is -0.375 e. The number of ether oxygens (including phenoxy) is 1. The summed E-state index contributed by atoms with van der Waals surface area (Å²) in [6.07, 6.45) is 0.995. The fraction of sp³-hybridized carbons (Fsp3) is 0.375. The molecule has 2 aromatic rings. The topological polar surface area (TPSA) is 42.4 Å². The van der Waals surface area contributed by atoms with Crippen molar-refractivity contribution in [3.63, 3.8) is 0 Å². The SMILES string of the molecule is CC[C@H]1CN(C(=O)c2csc(-c3ccc(F)cc3)n2)CCO1. The number of carbonyl (C=O) groups excluding carboxylic acids is 1. The van der Waals surface area contributed by atoms with E-state index in [1.54, 1.807) is 22.4 Å². The van der Waals surface area contributed by atoms with Gasteiger partial charge in [-0.3, -0.25) is 4.79 Å². The zero-order chi connectivity index (χ0) is 15.5. The lowest BCUT2D eigenvalue weighted by molar-refractivity contribution is -0.0227. The lowest BCUT2D eigenvalue weighted by Crippen LogP contribution is -2.45. The van der Waals surface area contributed by atoms with Crippen LogP contribution in [0.5, 0.6) is 0 Å². The third-order valence-corrected chi connectivity index (χ3v) is 4.59. The Morgan fingerprint density at radius 3 is 2.95 bits per heavy atom. The molecule has 1 aliphatic rings. The third-order valence-electron chi connectivity index (χ3n) is 3.70. The highest BCUT2D eigenvalue weighted by Gasteiger charge is 2.25. The van der Waals surface area contributed by atoms with Gasteiger partial charge in [0.25, 0.3) is 5.91 Å². The Morgan fingerprint density at radius 1 is 1.45 bits per heavy atom. The molecule has 3 rings (SSSR count). The number of hydrogen-bond acceptors (Lipinski definition) is 4. The Labute approximate surface area is 132 Å². The van der Waals surface area contributed by atoms with Crippen LogP contribution < -0.4 is 0 Å². The standard InChI is InChI=1S/C16H17FN2O2S/c1-2-13-9-19(7-8-21-13)16(20)14-10-22-15(18-14)11-3-5-12(17)6-4-11/h3-6,10,13H,2,7-9H2,1H3/t13-/m0/s1. The summed E-state index contributed by atoms with van der Waals surface area (Å²) in [5.74, 6) is -0.345. The predicted molar refractivity (Wildman–Crippen MR) is 83.4 cm³/mol. The van der Waals surface area contributed by atoms with E-state index in [0.29, 0.717) is 25.4 Å². The molecule has 116 valence electrons. The molecule has 0 N–H and O–H groups in total. The van der Waals surface area contributed by atoms with Gasteiger partial charge in [-0.1, -0.05) is 6.92 Å². The number of nitrogens with zero attached hydrogens (tertiary/aromatic N) is 2. The van der Waals surface area contributed by atoms with Gasteiger partial charge in [0.15, 0.2) is 0 Å². The van der Waals surface area contributed by atoms with Gasteiger partial charge < -0.3 is 9.64 Å². The van der Waals surface area contributed by atoms with Crippen molar-refractivity contribution in [3.8, 4) is 10.6 Å². The summed E-state index contributed by atoms with van der Waals surface area (Å²) in [5.41, 5.74) is 1.26. The molecule has 0 radical (unpaired) electrons. The number of benzene rings is 1. The van der Waals surface area contributed by atoms with Crippen molar-refractivity contribution in [1.82, 2.24) is 9.88 Å². The smallest absolute Gasteiger partial charge is 0.273 e. The summed E-state index contributed by atoms with van der Waals surface area (Å²) in [6, 6.07) is 6.13. The monoisotopic (exact) mass is 320 g/mol. The predicted octanol–water partition coefficient (Wildman–Crippen LogP) is 3.20. The van der Waals surface area contributed by atoms with E-state index in [2.05, 4.69) is 4.98 Å². The number of hydrogen-bond donors (Lipinski definition) is 0. The van der Waals surface area contributed by atoms with Gasteiger partial charge in [-0.2, -0.15) is 0 Å². The number of rotatable bonds is 3. The first-order valence-electron chi connectivity index (χ1n) is 7.29. The van der Waals surface area contributed by atoms with Crippen molar-refractivity contribution in [1.29, 1.82) is 0 Å². The number of aromatic nitrogens is 1. The minimum atomic E-state index is -0.282. The Morgan fingerprint density at radius 2 is 2.23 bits per heavy atom. The van der Waals surface area contributed by atoms with Gasteiger partial charge in [-0.25, -0.2) is 9.37 Å². The largest absolute Gasteiger partial charge is 0.375 e. The van der Waals surface area contributed by atoms with Crippen LogP contribution in [0.25, 0.3) is 10.6 Å². The number of thiazole rings is 1. The van der Waals surface area contributed by atoms with Crippen molar-refractivity contribution in [2.75, 3.05) is 19.7 Å². The first-order valence-corrected chi connectivity index (χ1v) is 8.17. The van der Waals surface area contributed by atoms with Gasteiger partial charge in [0.1, 0.15) is 16.5 Å². The van der Waals surface area contributed by atoms with Crippen molar-refractivity contribution >= 4 is 17.2 Å². The summed E-state index contributed by atoms with van der Waals surface area (Å²) in [4.78, 5) is 18.7. The van der Waals surface area contributed by atoms with E-state index >= 15 is 0 Å². The van der Waals surface area contributed by atoms with Crippen molar-refractivity contribution in [2.45, 2.75) is 19.4 Å². The highest BCUT2D eigenvalue weighted by molar-refractivity contribution is 7.13. The summed E-state index contributed by atoms with van der Waals surface area (Å²) < 4.78 is 18.5.